The average Bonchev–Trinajstić information content (AvgIpc) is 2.57. The molecule has 1 saturated heterocycles. The van der Waals surface area contributed by atoms with E-state index < -0.39 is 0 Å². The zero-order valence-corrected chi connectivity index (χ0v) is 16.5. The predicted molar refractivity (Wildman–Crippen MR) is 105 cm³/mol. The fourth-order valence-corrected chi connectivity index (χ4v) is 3.19. The Balaban J connectivity index is 1.70. The summed E-state index contributed by atoms with van der Waals surface area (Å²) in [6.45, 7) is 5.91. The molecular weight excluding hydrogens is 358 g/mol. The summed E-state index contributed by atoms with van der Waals surface area (Å²) in [5.74, 6) is -0.00814. The normalized spacial score (nSPS) is 15.3. The summed E-state index contributed by atoms with van der Waals surface area (Å²) in [4.78, 5) is 17.1. The molecule has 0 bridgehead atoms. The number of nitrogens with zero attached hydrogens (tertiary/aromatic N) is 1. The van der Waals surface area contributed by atoms with Crippen LogP contribution < -0.4 is 20.4 Å². The van der Waals surface area contributed by atoms with Gasteiger partial charge in [-0.3, -0.25) is 4.79 Å². The number of carbonyl (C=O) groups is 1. The topological polar surface area (TPSA) is 53.2 Å². The first-order chi connectivity index (χ1) is 12.0. The minimum absolute atomic E-state index is 0.00814. The maximum absolute atomic E-state index is 12.2. The molecular formula is C17H28ClN5OS+2. The van der Waals surface area contributed by atoms with E-state index in [1.54, 1.807) is 6.07 Å². The Morgan fingerprint density at radius 3 is 2.64 bits per heavy atom. The van der Waals surface area contributed by atoms with Crippen molar-refractivity contribution in [3.8, 4) is 0 Å². The maximum atomic E-state index is 12.2. The van der Waals surface area contributed by atoms with Crippen molar-refractivity contribution in [2.45, 2.75) is 0 Å². The summed E-state index contributed by atoms with van der Waals surface area (Å²) >= 11 is 11.5. The van der Waals surface area contributed by atoms with Crippen LogP contribution in [-0.4, -0.2) is 75.8 Å². The summed E-state index contributed by atoms with van der Waals surface area (Å²) in [7, 11) is 4.25. The number of halogens is 1. The third kappa shape index (κ3) is 6.78. The largest absolute Gasteiger partial charge is 0.357 e. The number of benzene rings is 1. The van der Waals surface area contributed by atoms with E-state index in [4.69, 9.17) is 23.8 Å². The summed E-state index contributed by atoms with van der Waals surface area (Å²) < 4.78 is 0. The number of piperazine rings is 1. The lowest BCUT2D eigenvalue weighted by Gasteiger charge is -2.33. The van der Waals surface area contributed by atoms with Crippen LogP contribution >= 0.6 is 23.8 Å². The Hall–Kier alpha value is -1.41. The third-order valence-corrected chi connectivity index (χ3v) is 4.95. The second kappa shape index (κ2) is 9.91. The van der Waals surface area contributed by atoms with Gasteiger partial charge in [0, 0.05) is 0 Å². The number of hydrogen-bond acceptors (Lipinski definition) is 2. The summed E-state index contributed by atoms with van der Waals surface area (Å²) in [6, 6.07) is 7.29. The molecule has 138 valence electrons. The van der Waals surface area contributed by atoms with Crippen molar-refractivity contribution in [3.63, 3.8) is 0 Å². The van der Waals surface area contributed by atoms with Gasteiger partial charge in [-0.05, 0) is 24.4 Å². The quantitative estimate of drug-likeness (QED) is 0.450. The maximum Gasteiger partial charge on any atom is 0.279 e. The zero-order valence-electron chi connectivity index (χ0n) is 14.9. The number of thiocarbonyl (C=S) groups is 1. The minimum atomic E-state index is -0.00814. The Kier molecular flexibility index (Phi) is 7.90. The van der Waals surface area contributed by atoms with Crippen LogP contribution in [0.2, 0.25) is 5.02 Å². The van der Waals surface area contributed by atoms with Gasteiger partial charge in [0.25, 0.3) is 5.91 Å². The molecule has 8 heteroatoms. The molecule has 1 fully saturated rings. The van der Waals surface area contributed by atoms with E-state index >= 15 is 0 Å². The second-order valence-electron chi connectivity index (χ2n) is 6.63. The fourth-order valence-electron chi connectivity index (χ4n) is 2.72. The van der Waals surface area contributed by atoms with Gasteiger partial charge in [-0.1, -0.05) is 23.7 Å². The van der Waals surface area contributed by atoms with Crippen LogP contribution in [0, 0.1) is 0 Å². The molecule has 2 rings (SSSR count). The van der Waals surface area contributed by atoms with Crippen molar-refractivity contribution >= 4 is 40.5 Å². The van der Waals surface area contributed by atoms with Crippen LogP contribution in [-0.2, 0) is 4.79 Å². The Morgan fingerprint density at radius 2 is 2.00 bits per heavy atom. The Morgan fingerprint density at radius 1 is 1.32 bits per heavy atom. The highest BCUT2D eigenvalue weighted by atomic mass is 35.5. The molecule has 1 aliphatic heterocycles. The smallest absolute Gasteiger partial charge is 0.279 e. The van der Waals surface area contributed by atoms with Crippen molar-refractivity contribution in [3.05, 3.63) is 29.3 Å². The molecule has 25 heavy (non-hydrogen) atoms. The molecule has 0 saturated carbocycles. The summed E-state index contributed by atoms with van der Waals surface area (Å²) in [5.41, 5.74) is 0.667. The van der Waals surface area contributed by atoms with Gasteiger partial charge in [-0.25, -0.2) is 0 Å². The minimum Gasteiger partial charge on any atom is -0.357 e. The number of para-hydroxylation sites is 1. The number of likely N-dealkylation sites (N-methyl/N-ethyl adjacent to an activating group) is 1. The molecule has 1 aliphatic rings. The van der Waals surface area contributed by atoms with Gasteiger partial charge in [0.2, 0.25) is 0 Å². The lowest BCUT2D eigenvalue weighted by molar-refractivity contribution is -0.895. The molecule has 6 nitrogen and oxygen atoms in total. The number of anilines is 1. The highest BCUT2D eigenvalue weighted by molar-refractivity contribution is 7.80. The van der Waals surface area contributed by atoms with E-state index in [1.807, 2.05) is 18.2 Å². The number of quaternary nitrogens is 2. The number of amides is 1. The summed E-state index contributed by atoms with van der Waals surface area (Å²) in [6.07, 6.45) is 0. The molecule has 0 atom stereocenters. The Bertz CT molecular complexity index is 590. The fraction of sp³-hybridized carbons (Fsp3) is 0.529. The van der Waals surface area contributed by atoms with E-state index in [0.717, 1.165) is 44.4 Å². The number of hydrogen-bond donors (Lipinski definition) is 4. The average molecular weight is 386 g/mol. The summed E-state index contributed by atoms with van der Waals surface area (Å²) in [5, 5.41) is 7.58. The van der Waals surface area contributed by atoms with Gasteiger partial charge in [0.15, 0.2) is 11.7 Å². The van der Waals surface area contributed by atoms with Gasteiger partial charge in [0.1, 0.15) is 0 Å². The third-order valence-electron chi connectivity index (χ3n) is 4.22. The molecule has 1 heterocycles. The first kappa shape index (κ1) is 19.9. The van der Waals surface area contributed by atoms with Gasteiger partial charge in [-0.15, -0.1) is 0 Å². The molecule has 0 aliphatic carbocycles. The van der Waals surface area contributed by atoms with Crippen molar-refractivity contribution in [2.75, 3.05) is 65.2 Å². The molecule has 1 amide bonds. The van der Waals surface area contributed by atoms with E-state index in [1.165, 1.54) is 9.80 Å². The zero-order chi connectivity index (χ0) is 18.2. The number of carbonyl (C=O) groups excluding carboxylic acids is 1. The van der Waals surface area contributed by atoms with Crippen molar-refractivity contribution in [2.24, 2.45) is 0 Å². The number of rotatable bonds is 6. The Labute approximate surface area is 160 Å². The molecule has 0 radical (unpaired) electrons. The van der Waals surface area contributed by atoms with Crippen LogP contribution in [0.15, 0.2) is 24.3 Å². The van der Waals surface area contributed by atoms with Crippen LogP contribution in [0.1, 0.15) is 0 Å². The molecule has 0 spiro atoms. The van der Waals surface area contributed by atoms with Gasteiger partial charge in [0.05, 0.1) is 64.1 Å². The van der Waals surface area contributed by atoms with Crippen LogP contribution in [0.4, 0.5) is 5.69 Å². The van der Waals surface area contributed by atoms with E-state index in [-0.39, 0.29) is 5.91 Å². The lowest BCUT2D eigenvalue weighted by Crippen LogP contribution is -3.15. The molecule has 4 N–H and O–H groups in total. The molecule has 0 unspecified atom stereocenters. The van der Waals surface area contributed by atoms with Crippen molar-refractivity contribution in [1.82, 2.24) is 10.2 Å². The standard InChI is InChI=1S/C17H26ClN5OS/c1-21(2)8-7-19-17(25)23-11-9-22(10-12-23)13-16(24)20-15-6-4-3-5-14(15)18/h3-6H,7-13H2,1-2H3,(H,19,25)(H,20,24)/p+2. The van der Waals surface area contributed by atoms with Crippen LogP contribution in [0.25, 0.3) is 0 Å². The van der Waals surface area contributed by atoms with Crippen molar-refractivity contribution in [1.29, 1.82) is 0 Å². The van der Waals surface area contributed by atoms with E-state index in [9.17, 15) is 4.79 Å². The van der Waals surface area contributed by atoms with Gasteiger partial charge >= 0.3 is 0 Å². The highest BCUT2D eigenvalue weighted by Crippen LogP contribution is 2.19. The first-order valence-corrected chi connectivity index (χ1v) is 9.44. The monoisotopic (exact) mass is 385 g/mol. The van der Waals surface area contributed by atoms with Gasteiger partial charge in [-0.2, -0.15) is 0 Å². The van der Waals surface area contributed by atoms with E-state index in [2.05, 4.69) is 29.6 Å². The molecule has 1 aromatic carbocycles. The molecule has 0 aromatic heterocycles. The van der Waals surface area contributed by atoms with Crippen LogP contribution in [0.5, 0.6) is 0 Å². The predicted octanol–water partition coefficient (Wildman–Crippen LogP) is -1.50. The number of nitrogens with one attached hydrogen (secondary N) is 4. The first-order valence-electron chi connectivity index (χ1n) is 8.65. The van der Waals surface area contributed by atoms with E-state index in [0.29, 0.717) is 17.3 Å². The lowest BCUT2D eigenvalue weighted by atomic mass is 10.3. The SMILES string of the molecule is C[NH+](C)CCNC(=S)N1CC[NH+](CC(=O)Nc2ccccc2Cl)CC1. The highest BCUT2D eigenvalue weighted by Gasteiger charge is 2.23. The van der Waals surface area contributed by atoms with Crippen LogP contribution in [0.3, 0.4) is 0 Å². The van der Waals surface area contributed by atoms with Crippen molar-refractivity contribution < 1.29 is 14.6 Å². The van der Waals surface area contributed by atoms with Gasteiger partial charge < -0.3 is 25.3 Å². The molecule has 1 aromatic rings. The second-order valence-corrected chi connectivity index (χ2v) is 7.42.